The minimum Gasteiger partial charge on any atom is -0.478 e. The Bertz CT molecular complexity index is 1010. The van der Waals surface area contributed by atoms with Gasteiger partial charge in [-0.15, -0.1) is 0 Å². The van der Waals surface area contributed by atoms with Crippen LogP contribution < -0.4 is 5.32 Å². The Morgan fingerprint density at radius 1 is 1.30 bits per heavy atom. The molecule has 0 aliphatic rings. The molecule has 3 rings (SSSR count). The van der Waals surface area contributed by atoms with E-state index in [9.17, 15) is 23.1 Å². The van der Waals surface area contributed by atoms with Crippen molar-refractivity contribution in [3.63, 3.8) is 0 Å². The van der Waals surface area contributed by atoms with Gasteiger partial charge in [0.15, 0.2) is 0 Å². The van der Waals surface area contributed by atoms with E-state index in [1.807, 2.05) is 6.92 Å². The van der Waals surface area contributed by atoms with Crippen molar-refractivity contribution in [1.82, 2.24) is 15.0 Å². The van der Waals surface area contributed by atoms with Crippen molar-refractivity contribution in [2.75, 3.05) is 11.9 Å². The van der Waals surface area contributed by atoms with E-state index < -0.39 is 18.7 Å². The van der Waals surface area contributed by atoms with Crippen LogP contribution in [0, 0.1) is 6.92 Å². The Labute approximate surface area is 152 Å². The van der Waals surface area contributed by atoms with Gasteiger partial charge in [0.1, 0.15) is 18.0 Å². The van der Waals surface area contributed by atoms with E-state index in [1.165, 1.54) is 6.20 Å². The van der Waals surface area contributed by atoms with Gasteiger partial charge in [0.05, 0.1) is 16.6 Å². The molecule has 3 aromatic rings. The molecule has 0 aliphatic heterocycles. The molecular weight excluding hydrogens is 361 g/mol. The van der Waals surface area contributed by atoms with Crippen molar-refractivity contribution >= 4 is 22.7 Å². The highest BCUT2D eigenvalue weighted by molar-refractivity contribution is 6.07. The molecule has 0 spiro atoms. The average molecular weight is 378 g/mol. The van der Waals surface area contributed by atoms with Gasteiger partial charge in [-0.1, -0.05) is 19.1 Å². The Morgan fingerprint density at radius 2 is 2.04 bits per heavy atom. The summed E-state index contributed by atoms with van der Waals surface area (Å²) in [7, 11) is 0. The predicted molar refractivity (Wildman–Crippen MR) is 94.9 cm³/mol. The van der Waals surface area contributed by atoms with Crippen molar-refractivity contribution in [3.05, 3.63) is 41.3 Å². The molecule has 0 fully saturated rings. The molecule has 0 saturated heterocycles. The fourth-order valence-corrected chi connectivity index (χ4v) is 2.77. The summed E-state index contributed by atoms with van der Waals surface area (Å²) >= 11 is 0. The van der Waals surface area contributed by atoms with Crippen LogP contribution in [0.15, 0.2) is 24.4 Å². The van der Waals surface area contributed by atoms with Gasteiger partial charge in [-0.25, -0.2) is 14.8 Å². The van der Waals surface area contributed by atoms with Crippen molar-refractivity contribution in [2.24, 2.45) is 0 Å². The number of nitrogens with one attached hydrogen (secondary N) is 2. The van der Waals surface area contributed by atoms with Gasteiger partial charge < -0.3 is 15.4 Å². The number of halogens is 3. The zero-order valence-electron chi connectivity index (χ0n) is 14.6. The van der Waals surface area contributed by atoms with Crippen LogP contribution in [0.5, 0.6) is 0 Å². The lowest BCUT2D eigenvalue weighted by atomic mass is 10.0. The first kappa shape index (κ1) is 18.7. The van der Waals surface area contributed by atoms with E-state index in [0.29, 0.717) is 45.8 Å². The number of hydrogen-bond acceptors (Lipinski definition) is 4. The Morgan fingerprint density at radius 3 is 2.67 bits per heavy atom. The minimum absolute atomic E-state index is 0.00743. The second kappa shape index (κ2) is 6.90. The van der Waals surface area contributed by atoms with E-state index >= 15 is 0 Å². The van der Waals surface area contributed by atoms with Crippen LogP contribution in [0.2, 0.25) is 0 Å². The topological polar surface area (TPSA) is 90.9 Å². The molecule has 1 aromatic carbocycles. The third-order valence-corrected chi connectivity index (χ3v) is 4.11. The summed E-state index contributed by atoms with van der Waals surface area (Å²) in [6.07, 6.45) is -2.49. The number of aromatic amines is 1. The molecule has 142 valence electrons. The fraction of sp³-hybridized carbons (Fsp3) is 0.278. The van der Waals surface area contributed by atoms with Gasteiger partial charge >= 0.3 is 12.1 Å². The van der Waals surface area contributed by atoms with Crippen LogP contribution in [0.25, 0.3) is 22.3 Å². The Kier molecular flexibility index (Phi) is 4.77. The number of carboxylic acids is 1. The first-order chi connectivity index (χ1) is 12.7. The molecule has 0 atom stereocenters. The normalized spacial score (nSPS) is 11.7. The highest BCUT2D eigenvalue weighted by Gasteiger charge is 2.27. The van der Waals surface area contributed by atoms with Crippen molar-refractivity contribution in [2.45, 2.75) is 26.4 Å². The Hall–Kier alpha value is -3.10. The molecule has 2 heterocycles. The van der Waals surface area contributed by atoms with Gasteiger partial charge in [0.2, 0.25) is 0 Å². The maximum absolute atomic E-state index is 12.6. The summed E-state index contributed by atoms with van der Waals surface area (Å²) in [5.41, 5.74) is 2.20. The van der Waals surface area contributed by atoms with Crippen LogP contribution in [-0.2, 0) is 6.42 Å². The number of carbonyl (C=O) groups is 1. The highest BCUT2D eigenvalue weighted by Crippen LogP contribution is 2.32. The summed E-state index contributed by atoms with van der Waals surface area (Å²) in [6.45, 7) is 2.38. The smallest absolute Gasteiger partial charge is 0.405 e. The second-order valence-electron chi connectivity index (χ2n) is 6.07. The molecule has 0 radical (unpaired) electrons. The quantitative estimate of drug-likeness (QED) is 0.620. The summed E-state index contributed by atoms with van der Waals surface area (Å²) in [4.78, 5) is 23.1. The fourth-order valence-electron chi connectivity index (χ4n) is 2.77. The molecule has 0 saturated carbocycles. The molecule has 0 bridgehead atoms. The number of anilines is 1. The maximum Gasteiger partial charge on any atom is 0.405 e. The molecule has 0 unspecified atom stereocenters. The lowest BCUT2D eigenvalue weighted by molar-refractivity contribution is -0.115. The number of aromatic nitrogens is 3. The predicted octanol–water partition coefficient (Wildman–Crippen LogP) is 4.17. The SMILES string of the molecule is CCc1nc(-c2ccc(C)c(NCC(F)(F)F)c2)c2c(C(=O)O)c[nH]c2n1. The number of rotatable bonds is 5. The minimum atomic E-state index is -4.35. The van der Waals surface area contributed by atoms with Crippen LogP contribution in [-0.4, -0.2) is 38.7 Å². The first-order valence-corrected chi connectivity index (χ1v) is 8.22. The standard InChI is InChI=1S/C18H17F3N4O2/c1-3-13-24-15(14-11(17(26)27)7-22-16(14)25-13)10-5-4-9(2)12(6-10)23-8-18(19,20)21/h4-7,23H,3,8H2,1-2H3,(H,26,27)(H,22,24,25). The lowest BCUT2D eigenvalue weighted by Crippen LogP contribution is -2.21. The van der Waals surface area contributed by atoms with Crippen molar-refractivity contribution in [1.29, 1.82) is 0 Å². The zero-order valence-corrected chi connectivity index (χ0v) is 14.6. The van der Waals surface area contributed by atoms with E-state index in [1.54, 1.807) is 25.1 Å². The number of alkyl halides is 3. The third-order valence-electron chi connectivity index (χ3n) is 4.11. The van der Waals surface area contributed by atoms with Gasteiger partial charge in [0, 0.05) is 23.9 Å². The maximum atomic E-state index is 12.6. The largest absolute Gasteiger partial charge is 0.478 e. The lowest BCUT2D eigenvalue weighted by Gasteiger charge is -2.14. The van der Waals surface area contributed by atoms with E-state index in [-0.39, 0.29) is 5.56 Å². The molecular formula is C18H17F3N4O2. The van der Waals surface area contributed by atoms with Gasteiger partial charge in [-0.3, -0.25) is 0 Å². The third kappa shape index (κ3) is 3.86. The van der Waals surface area contributed by atoms with E-state index in [2.05, 4.69) is 20.3 Å². The summed E-state index contributed by atoms with van der Waals surface area (Å²) in [5, 5.41) is 12.1. The molecule has 3 N–H and O–H groups in total. The summed E-state index contributed by atoms with van der Waals surface area (Å²) in [5.74, 6) is -0.639. The van der Waals surface area contributed by atoms with Crippen LogP contribution in [0.1, 0.15) is 28.7 Å². The molecule has 2 aromatic heterocycles. The summed E-state index contributed by atoms with van der Waals surface area (Å²) in [6, 6.07) is 4.91. The van der Waals surface area contributed by atoms with Crippen LogP contribution in [0.3, 0.4) is 0 Å². The number of nitrogens with zero attached hydrogens (tertiary/aromatic N) is 2. The van der Waals surface area contributed by atoms with E-state index in [0.717, 1.165) is 0 Å². The Balaban J connectivity index is 2.16. The molecule has 6 nitrogen and oxygen atoms in total. The average Bonchev–Trinajstić information content (AvgIpc) is 3.03. The molecule has 27 heavy (non-hydrogen) atoms. The number of hydrogen-bond donors (Lipinski definition) is 3. The molecule has 0 aliphatic carbocycles. The van der Waals surface area contributed by atoms with Gasteiger partial charge in [-0.2, -0.15) is 13.2 Å². The zero-order chi connectivity index (χ0) is 19.8. The van der Waals surface area contributed by atoms with Crippen molar-refractivity contribution < 1.29 is 23.1 Å². The highest BCUT2D eigenvalue weighted by atomic mass is 19.4. The number of fused-ring (bicyclic) bond motifs is 1. The number of benzene rings is 1. The van der Waals surface area contributed by atoms with Gasteiger partial charge in [0.25, 0.3) is 0 Å². The second-order valence-corrected chi connectivity index (χ2v) is 6.07. The number of H-pyrrole nitrogens is 1. The van der Waals surface area contributed by atoms with Gasteiger partial charge in [-0.05, 0) is 18.6 Å². The number of aromatic carboxylic acids is 1. The number of carboxylic acid groups (broad SMARTS) is 1. The monoisotopic (exact) mass is 378 g/mol. The van der Waals surface area contributed by atoms with Crippen molar-refractivity contribution in [3.8, 4) is 11.3 Å². The summed E-state index contributed by atoms with van der Waals surface area (Å²) < 4.78 is 37.7. The molecule has 9 heteroatoms. The first-order valence-electron chi connectivity index (χ1n) is 8.22. The van der Waals surface area contributed by atoms with Crippen LogP contribution >= 0.6 is 0 Å². The molecule has 0 amide bonds. The van der Waals surface area contributed by atoms with Crippen LogP contribution in [0.4, 0.5) is 18.9 Å². The number of aryl methyl sites for hydroxylation is 2. The van der Waals surface area contributed by atoms with E-state index in [4.69, 9.17) is 0 Å².